The molecule has 0 aliphatic carbocycles. The van der Waals surface area contributed by atoms with Gasteiger partial charge in [0.1, 0.15) is 5.82 Å². The normalized spacial score (nSPS) is 18.3. The number of pyridine rings is 1. The predicted octanol–water partition coefficient (Wildman–Crippen LogP) is 3.19. The summed E-state index contributed by atoms with van der Waals surface area (Å²) >= 11 is 0. The molecule has 1 aliphatic heterocycles. The molecule has 0 unspecified atom stereocenters. The van der Waals surface area contributed by atoms with E-state index in [0.29, 0.717) is 6.04 Å². The van der Waals surface area contributed by atoms with Crippen LogP contribution in [0, 0.1) is 0 Å². The Labute approximate surface area is 144 Å². The van der Waals surface area contributed by atoms with Crippen LogP contribution in [0.25, 0.3) is 0 Å². The first kappa shape index (κ1) is 17.7. The molecule has 124 valence electrons. The molecule has 1 fully saturated rings. The maximum atomic E-state index is 6.04. The summed E-state index contributed by atoms with van der Waals surface area (Å²) in [5.41, 5.74) is 8.44. The van der Waals surface area contributed by atoms with Gasteiger partial charge in [-0.05, 0) is 43.1 Å². The van der Waals surface area contributed by atoms with Gasteiger partial charge in [-0.15, -0.1) is 12.4 Å². The monoisotopic (exact) mass is 332 g/mol. The molecule has 3 rings (SSSR count). The van der Waals surface area contributed by atoms with Crippen LogP contribution in [-0.4, -0.2) is 36.1 Å². The Morgan fingerprint density at radius 1 is 1.22 bits per heavy atom. The topological polar surface area (TPSA) is 45.4 Å². The molecular weight excluding hydrogens is 308 g/mol. The molecule has 0 saturated carbocycles. The van der Waals surface area contributed by atoms with Gasteiger partial charge in [-0.2, -0.15) is 0 Å². The third-order valence-corrected chi connectivity index (χ3v) is 4.24. The van der Waals surface area contributed by atoms with Crippen molar-refractivity contribution in [2.24, 2.45) is 5.73 Å². The lowest BCUT2D eigenvalue weighted by molar-refractivity contribution is 0.201. The Hall–Kier alpha value is -1.62. The number of nitrogens with two attached hydrogens (primary N) is 1. The molecule has 1 aromatic carbocycles. The number of nitrogens with zero attached hydrogens (tertiary/aromatic N) is 3. The summed E-state index contributed by atoms with van der Waals surface area (Å²) < 4.78 is 0. The molecule has 0 radical (unpaired) electrons. The third-order valence-electron chi connectivity index (χ3n) is 4.24. The van der Waals surface area contributed by atoms with Gasteiger partial charge in [0, 0.05) is 38.1 Å². The lowest BCUT2D eigenvalue weighted by atomic mass is 10.1. The summed E-state index contributed by atoms with van der Waals surface area (Å²) in [6.07, 6.45) is 4.33. The van der Waals surface area contributed by atoms with Gasteiger partial charge in [0.05, 0.1) is 0 Å². The highest BCUT2D eigenvalue weighted by Crippen LogP contribution is 2.21. The summed E-state index contributed by atoms with van der Waals surface area (Å²) in [4.78, 5) is 9.13. The highest BCUT2D eigenvalue weighted by atomic mass is 35.5. The quantitative estimate of drug-likeness (QED) is 0.934. The third kappa shape index (κ3) is 4.67. The SMILES string of the molecule is CN(c1ccccc1)c1ccc(CN2CCC[C@@H](N)C2)cn1.Cl. The number of hydrogen-bond donors (Lipinski definition) is 1. The molecule has 0 amide bonds. The van der Waals surface area contributed by atoms with E-state index in [9.17, 15) is 0 Å². The summed E-state index contributed by atoms with van der Waals surface area (Å²) in [6, 6.07) is 14.9. The number of rotatable bonds is 4. The standard InChI is InChI=1S/C18H24N4.ClH/c1-21(17-7-3-2-4-8-17)18-10-9-15(12-20-18)13-22-11-5-6-16(19)14-22;/h2-4,7-10,12,16H,5-6,11,13-14,19H2,1H3;1H/t16-;/m1./s1. The number of benzene rings is 1. The van der Waals surface area contributed by atoms with Gasteiger partial charge in [0.25, 0.3) is 0 Å². The largest absolute Gasteiger partial charge is 0.329 e. The minimum Gasteiger partial charge on any atom is -0.329 e. The first-order valence-electron chi connectivity index (χ1n) is 7.94. The Morgan fingerprint density at radius 3 is 2.65 bits per heavy atom. The Kier molecular flexibility index (Phi) is 6.39. The fraction of sp³-hybridized carbons (Fsp3) is 0.389. The minimum absolute atomic E-state index is 0. The molecule has 23 heavy (non-hydrogen) atoms. The highest BCUT2D eigenvalue weighted by molar-refractivity contribution is 5.85. The van der Waals surface area contributed by atoms with Crippen molar-refractivity contribution < 1.29 is 0 Å². The number of anilines is 2. The molecule has 1 aromatic heterocycles. The number of hydrogen-bond acceptors (Lipinski definition) is 4. The Balaban J connectivity index is 0.00000192. The Morgan fingerprint density at radius 2 is 2.00 bits per heavy atom. The average molecular weight is 333 g/mol. The van der Waals surface area contributed by atoms with Crippen molar-refractivity contribution in [3.63, 3.8) is 0 Å². The predicted molar refractivity (Wildman–Crippen MR) is 98.5 cm³/mol. The van der Waals surface area contributed by atoms with E-state index >= 15 is 0 Å². The van der Waals surface area contributed by atoms with E-state index in [-0.39, 0.29) is 12.4 Å². The summed E-state index contributed by atoms with van der Waals surface area (Å²) in [7, 11) is 2.04. The van der Waals surface area contributed by atoms with Crippen LogP contribution in [0.15, 0.2) is 48.7 Å². The molecule has 2 heterocycles. The van der Waals surface area contributed by atoms with Crippen LogP contribution >= 0.6 is 12.4 Å². The van der Waals surface area contributed by atoms with Crippen molar-refractivity contribution in [2.75, 3.05) is 25.0 Å². The van der Waals surface area contributed by atoms with Crippen LogP contribution in [-0.2, 0) is 6.54 Å². The molecule has 0 bridgehead atoms. The van der Waals surface area contributed by atoms with E-state index in [0.717, 1.165) is 37.6 Å². The minimum atomic E-state index is 0. The van der Waals surface area contributed by atoms with E-state index in [1.165, 1.54) is 12.0 Å². The molecule has 1 saturated heterocycles. The van der Waals surface area contributed by atoms with Crippen LogP contribution in [0.4, 0.5) is 11.5 Å². The van der Waals surface area contributed by atoms with Crippen LogP contribution in [0.2, 0.25) is 0 Å². The van der Waals surface area contributed by atoms with Crippen LogP contribution in [0.5, 0.6) is 0 Å². The van der Waals surface area contributed by atoms with E-state index < -0.39 is 0 Å². The zero-order valence-corrected chi connectivity index (χ0v) is 14.4. The number of aromatic nitrogens is 1. The fourth-order valence-corrected chi connectivity index (χ4v) is 2.99. The summed E-state index contributed by atoms with van der Waals surface area (Å²) in [5.74, 6) is 0.963. The van der Waals surface area contributed by atoms with E-state index in [2.05, 4.69) is 39.0 Å². The fourth-order valence-electron chi connectivity index (χ4n) is 2.99. The first-order chi connectivity index (χ1) is 10.7. The van der Waals surface area contributed by atoms with Gasteiger partial charge in [0.15, 0.2) is 0 Å². The van der Waals surface area contributed by atoms with Gasteiger partial charge in [-0.1, -0.05) is 24.3 Å². The van der Waals surface area contributed by atoms with Crippen molar-refractivity contribution >= 4 is 23.9 Å². The number of halogens is 1. The van der Waals surface area contributed by atoms with Gasteiger partial charge in [0.2, 0.25) is 0 Å². The number of para-hydroxylation sites is 1. The van der Waals surface area contributed by atoms with Crippen molar-refractivity contribution in [3.05, 3.63) is 54.2 Å². The molecule has 0 spiro atoms. The molecule has 1 atom stereocenters. The van der Waals surface area contributed by atoms with E-state index in [4.69, 9.17) is 5.73 Å². The van der Waals surface area contributed by atoms with E-state index in [1.54, 1.807) is 0 Å². The smallest absolute Gasteiger partial charge is 0.132 e. The average Bonchev–Trinajstić information content (AvgIpc) is 2.56. The van der Waals surface area contributed by atoms with Crippen LogP contribution in [0.1, 0.15) is 18.4 Å². The molecule has 1 aliphatic rings. The van der Waals surface area contributed by atoms with Gasteiger partial charge in [-0.25, -0.2) is 4.98 Å². The van der Waals surface area contributed by atoms with E-state index in [1.807, 2.05) is 31.4 Å². The maximum Gasteiger partial charge on any atom is 0.132 e. The first-order valence-corrected chi connectivity index (χ1v) is 7.94. The second-order valence-corrected chi connectivity index (χ2v) is 6.06. The summed E-state index contributed by atoms with van der Waals surface area (Å²) in [5, 5.41) is 0. The molecule has 2 N–H and O–H groups in total. The highest BCUT2D eigenvalue weighted by Gasteiger charge is 2.16. The van der Waals surface area contributed by atoms with Crippen molar-refractivity contribution in [1.82, 2.24) is 9.88 Å². The molecule has 5 heteroatoms. The second-order valence-electron chi connectivity index (χ2n) is 6.06. The number of piperidine rings is 1. The number of likely N-dealkylation sites (tertiary alicyclic amines) is 1. The zero-order chi connectivity index (χ0) is 15.4. The van der Waals surface area contributed by atoms with Crippen LogP contribution in [0.3, 0.4) is 0 Å². The lowest BCUT2D eigenvalue weighted by Crippen LogP contribution is -2.42. The lowest BCUT2D eigenvalue weighted by Gasteiger charge is -2.30. The molecule has 2 aromatic rings. The van der Waals surface area contributed by atoms with Gasteiger partial charge in [-0.3, -0.25) is 4.90 Å². The maximum absolute atomic E-state index is 6.04. The van der Waals surface area contributed by atoms with Crippen molar-refractivity contribution in [2.45, 2.75) is 25.4 Å². The molecule has 4 nitrogen and oxygen atoms in total. The Bertz CT molecular complexity index is 588. The van der Waals surface area contributed by atoms with Crippen molar-refractivity contribution in [3.8, 4) is 0 Å². The van der Waals surface area contributed by atoms with Gasteiger partial charge >= 0.3 is 0 Å². The zero-order valence-electron chi connectivity index (χ0n) is 13.6. The van der Waals surface area contributed by atoms with Crippen LogP contribution < -0.4 is 10.6 Å². The van der Waals surface area contributed by atoms with Gasteiger partial charge < -0.3 is 10.6 Å². The van der Waals surface area contributed by atoms with Crippen molar-refractivity contribution in [1.29, 1.82) is 0 Å². The molecular formula is C18H25ClN4. The summed E-state index contributed by atoms with van der Waals surface area (Å²) in [6.45, 7) is 3.07. The second kappa shape index (κ2) is 8.29.